The first-order valence-corrected chi connectivity index (χ1v) is 9.43. The lowest BCUT2D eigenvalue weighted by Crippen LogP contribution is -1.90. The van der Waals surface area contributed by atoms with Gasteiger partial charge in [-0.3, -0.25) is 0 Å². The third-order valence-electron chi connectivity index (χ3n) is 5.20. The number of fused-ring (bicyclic) bond motifs is 8. The molecule has 2 N–H and O–H groups in total. The van der Waals surface area contributed by atoms with E-state index in [-0.39, 0.29) is 16.7 Å². The second-order valence-electron chi connectivity index (χ2n) is 6.95. The fraction of sp³-hybridized carbons (Fsp3) is 0. The Morgan fingerprint density at radius 1 is 0.469 bits per heavy atom. The van der Waals surface area contributed by atoms with E-state index in [9.17, 15) is 21.0 Å². The summed E-state index contributed by atoms with van der Waals surface area (Å²) in [6.45, 7) is 0. The van der Waals surface area contributed by atoms with E-state index < -0.39 is 0 Å². The third kappa shape index (κ3) is 2.74. The van der Waals surface area contributed by atoms with Gasteiger partial charge < -0.3 is 9.97 Å². The Bertz CT molecular complexity index is 1600. The molecule has 2 aliphatic heterocycles. The van der Waals surface area contributed by atoms with Crippen molar-refractivity contribution in [1.82, 2.24) is 19.9 Å². The molecule has 3 aromatic heterocycles. The zero-order valence-corrected chi connectivity index (χ0v) is 16.3. The molecule has 146 valence electrons. The molecule has 0 saturated heterocycles. The molecule has 8 nitrogen and oxygen atoms in total. The van der Waals surface area contributed by atoms with Crippen LogP contribution in [0, 0.1) is 45.3 Å². The topological polar surface area (TPSA) is 153 Å². The van der Waals surface area contributed by atoms with Gasteiger partial charge >= 0.3 is 0 Å². The van der Waals surface area contributed by atoms with Crippen LogP contribution in [-0.4, -0.2) is 19.9 Å². The number of nitrogens with one attached hydrogen (secondary N) is 2. The average molecular weight is 410 g/mol. The Morgan fingerprint density at radius 2 is 0.781 bits per heavy atom. The van der Waals surface area contributed by atoms with Crippen LogP contribution in [0.4, 0.5) is 0 Å². The van der Waals surface area contributed by atoms with Crippen LogP contribution in [0.1, 0.15) is 45.0 Å². The summed E-state index contributed by atoms with van der Waals surface area (Å²) in [5, 5.41) is 39.1. The fourth-order valence-electron chi connectivity index (χ4n) is 3.68. The van der Waals surface area contributed by atoms with E-state index >= 15 is 0 Å². The van der Waals surface area contributed by atoms with E-state index in [1.165, 1.54) is 0 Å². The molecule has 0 saturated carbocycles. The van der Waals surface area contributed by atoms with Crippen LogP contribution in [-0.2, 0) is 0 Å². The van der Waals surface area contributed by atoms with Gasteiger partial charge in [0, 0.05) is 0 Å². The minimum Gasteiger partial charge on any atom is -0.353 e. The van der Waals surface area contributed by atoms with Crippen molar-refractivity contribution in [3.05, 3.63) is 69.3 Å². The maximum absolute atomic E-state index is 9.78. The van der Waals surface area contributed by atoms with Crippen molar-refractivity contribution in [3.8, 4) is 24.3 Å². The summed E-state index contributed by atoms with van der Waals surface area (Å²) < 4.78 is 0. The number of hydrogen-bond donors (Lipinski definition) is 2. The van der Waals surface area contributed by atoms with Crippen molar-refractivity contribution in [3.63, 3.8) is 0 Å². The number of nitriles is 4. The summed E-state index contributed by atoms with van der Waals surface area (Å²) in [5.41, 5.74) is 4.71. The van der Waals surface area contributed by atoms with E-state index in [1.807, 2.05) is 0 Å². The minimum absolute atomic E-state index is 0.239. The lowest BCUT2D eigenvalue weighted by Gasteiger charge is -1.94. The minimum atomic E-state index is 0.239. The smallest absolute Gasteiger partial charge is 0.104 e. The van der Waals surface area contributed by atoms with E-state index in [0.29, 0.717) is 50.4 Å². The Morgan fingerprint density at radius 3 is 1.12 bits per heavy atom. The molecule has 0 aromatic carbocycles. The van der Waals surface area contributed by atoms with Crippen molar-refractivity contribution >= 4 is 46.4 Å². The molecular weight excluding hydrogens is 400 g/mol. The van der Waals surface area contributed by atoms with Crippen LogP contribution in [0.3, 0.4) is 0 Å². The van der Waals surface area contributed by atoms with Crippen molar-refractivity contribution in [2.75, 3.05) is 0 Å². The van der Waals surface area contributed by atoms with Crippen molar-refractivity contribution < 1.29 is 0 Å². The van der Waals surface area contributed by atoms with Crippen LogP contribution in [0.5, 0.6) is 0 Å². The van der Waals surface area contributed by atoms with Crippen LogP contribution >= 0.6 is 0 Å². The van der Waals surface area contributed by atoms with Gasteiger partial charge in [-0.25, -0.2) is 9.97 Å². The van der Waals surface area contributed by atoms with Gasteiger partial charge in [0.1, 0.15) is 41.0 Å². The maximum atomic E-state index is 9.78. The van der Waals surface area contributed by atoms with Crippen molar-refractivity contribution in [1.29, 1.82) is 21.0 Å². The normalized spacial score (nSPS) is 11.4. The summed E-state index contributed by atoms with van der Waals surface area (Å²) in [6, 6.07) is 15.4. The first kappa shape index (κ1) is 18.6. The average Bonchev–Trinajstić information content (AvgIpc) is 3.59. The summed E-state index contributed by atoms with van der Waals surface area (Å²) in [6.07, 6.45) is 6.62. The zero-order chi connectivity index (χ0) is 22.2. The molecule has 32 heavy (non-hydrogen) atoms. The first-order chi connectivity index (χ1) is 15.7. The zero-order valence-electron chi connectivity index (χ0n) is 16.3. The molecule has 0 atom stereocenters. The number of hydrogen-bond acceptors (Lipinski definition) is 6. The maximum Gasteiger partial charge on any atom is 0.104 e. The molecule has 0 spiro atoms. The summed E-state index contributed by atoms with van der Waals surface area (Å²) >= 11 is 0. The first-order valence-electron chi connectivity index (χ1n) is 9.43. The van der Waals surface area contributed by atoms with Gasteiger partial charge in [-0.1, -0.05) is 0 Å². The molecule has 5 rings (SSSR count). The van der Waals surface area contributed by atoms with Gasteiger partial charge in [-0.15, -0.1) is 0 Å². The highest BCUT2D eigenvalue weighted by molar-refractivity contribution is 5.86. The molecule has 2 aliphatic rings. The summed E-state index contributed by atoms with van der Waals surface area (Å²) in [7, 11) is 0. The van der Waals surface area contributed by atoms with Crippen LogP contribution in [0.25, 0.3) is 46.4 Å². The fourth-order valence-corrected chi connectivity index (χ4v) is 3.68. The lowest BCUT2D eigenvalue weighted by atomic mass is 10.2. The van der Waals surface area contributed by atoms with Gasteiger partial charge in [0.25, 0.3) is 0 Å². The van der Waals surface area contributed by atoms with Gasteiger partial charge in [-0.05, 0) is 48.6 Å². The van der Waals surface area contributed by atoms with Crippen molar-refractivity contribution in [2.24, 2.45) is 0 Å². The predicted octanol–water partition coefficient (Wildman–Crippen LogP) is 4.14. The number of aromatic nitrogens is 4. The Balaban J connectivity index is 2.04. The highest BCUT2D eigenvalue weighted by atomic mass is 14.8. The largest absolute Gasteiger partial charge is 0.353 e. The predicted molar refractivity (Wildman–Crippen MR) is 118 cm³/mol. The third-order valence-corrected chi connectivity index (χ3v) is 5.20. The number of nitrogens with zero attached hydrogens (tertiary/aromatic N) is 6. The molecule has 8 bridgehead atoms. The molecule has 5 heterocycles. The Hall–Kier alpha value is -5.44. The Labute approximate surface area is 181 Å². The number of H-pyrrole nitrogens is 2. The Kier molecular flexibility index (Phi) is 4.13. The lowest BCUT2D eigenvalue weighted by molar-refractivity contribution is 1.24. The van der Waals surface area contributed by atoms with E-state index in [1.54, 1.807) is 48.6 Å². The molecule has 8 heteroatoms. The monoisotopic (exact) mass is 410 g/mol. The summed E-state index contributed by atoms with van der Waals surface area (Å²) in [4.78, 5) is 15.2. The number of aromatic amines is 2. The van der Waals surface area contributed by atoms with Gasteiger partial charge in [0.2, 0.25) is 0 Å². The van der Waals surface area contributed by atoms with E-state index in [0.717, 1.165) is 0 Å². The molecular formula is C24H10N8. The molecule has 0 unspecified atom stereocenters. The van der Waals surface area contributed by atoms with Gasteiger partial charge in [0.05, 0.1) is 50.4 Å². The molecule has 0 radical (unpaired) electrons. The van der Waals surface area contributed by atoms with E-state index in [2.05, 4.69) is 44.2 Å². The van der Waals surface area contributed by atoms with Crippen LogP contribution in [0.2, 0.25) is 0 Å². The molecule has 0 fully saturated rings. The second kappa shape index (κ2) is 7.11. The molecule has 3 aromatic rings. The number of rotatable bonds is 0. The van der Waals surface area contributed by atoms with Crippen molar-refractivity contribution in [2.45, 2.75) is 0 Å². The SMILES string of the molecule is N#Cc1c2nc(c(C#N)c3ccc([nH]3)c(C#N)c3ccc([nH]3)c(C#N)c3nc1C=C3)C=C2. The standard InChI is InChI=1S/C24H10N8/c25-9-13-17-1-2-18(29-17)14(10-26)20-5-6-22(31-20)16(12-28)24-8-7-23(32-24)15(11-27)21-4-3-19(13)30-21/h1-8,29-30H. The highest BCUT2D eigenvalue weighted by Crippen LogP contribution is 2.26. The van der Waals surface area contributed by atoms with Gasteiger partial charge in [-0.2, -0.15) is 21.0 Å². The molecule has 0 amide bonds. The van der Waals surface area contributed by atoms with E-state index in [4.69, 9.17) is 0 Å². The summed E-state index contributed by atoms with van der Waals surface area (Å²) in [5.74, 6) is 0. The van der Waals surface area contributed by atoms with Crippen LogP contribution in [0.15, 0.2) is 24.3 Å². The second-order valence-corrected chi connectivity index (χ2v) is 6.95. The van der Waals surface area contributed by atoms with Crippen LogP contribution < -0.4 is 0 Å². The quantitative estimate of drug-likeness (QED) is 0.391. The highest BCUT2D eigenvalue weighted by Gasteiger charge is 2.16. The molecule has 0 aliphatic carbocycles. The van der Waals surface area contributed by atoms with Gasteiger partial charge in [0.15, 0.2) is 0 Å².